The fraction of sp³-hybridized carbons (Fsp3) is 1.00. The molecule has 4 heavy (non-hydrogen) atoms. The molecule has 0 amide bonds. The third-order valence-corrected chi connectivity index (χ3v) is 0.466. The van der Waals surface area contributed by atoms with Crippen LogP contribution in [0.15, 0.2) is 0 Å². The van der Waals surface area contributed by atoms with E-state index in [9.17, 15) is 4.39 Å². The summed E-state index contributed by atoms with van der Waals surface area (Å²) in [5.41, 5.74) is 0. The Morgan fingerprint density at radius 2 is 2.00 bits per heavy atom. The fourth-order valence-electron chi connectivity index (χ4n) is 0. The van der Waals surface area contributed by atoms with Crippen molar-refractivity contribution >= 4 is 0 Å². The van der Waals surface area contributed by atoms with Crippen molar-refractivity contribution in [1.29, 1.82) is 0 Å². The predicted octanol–water partition coefficient (Wildman–Crippen LogP) is 0.921. The van der Waals surface area contributed by atoms with Gasteiger partial charge < -0.3 is 0 Å². The van der Waals surface area contributed by atoms with Crippen LogP contribution in [0, 0.1) is 0 Å². The molecule has 0 aromatic carbocycles. The molecule has 0 heterocycles. The van der Waals surface area contributed by atoms with Gasteiger partial charge in [0.25, 0.3) is 0 Å². The maximum absolute atomic E-state index is 10.7. The maximum atomic E-state index is 10.7. The van der Waals surface area contributed by atoms with Crippen LogP contribution < -0.4 is 0 Å². The summed E-state index contributed by atoms with van der Waals surface area (Å²) < 4.78 is 11.3. The fourth-order valence-corrected chi connectivity index (χ4v) is 0. The van der Waals surface area contributed by atoms with E-state index in [4.69, 9.17) is 0 Å². The van der Waals surface area contributed by atoms with Crippen LogP contribution in [-0.4, -0.2) is 6.67 Å². The normalized spacial score (nSPS) is 7.75. The molecule has 0 nitrogen and oxygen atoms in total. The number of hydrogen-bond acceptors (Lipinski definition) is 0. The van der Waals surface area contributed by atoms with Gasteiger partial charge in [0.15, 0.2) is 0 Å². The monoisotopic (exact) mass is 244 g/mol. The molecular formula is C2H4AuF. The van der Waals surface area contributed by atoms with E-state index >= 15 is 0 Å². The molecule has 0 rings (SSSR count). The second-order valence-corrected chi connectivity index (χ2v) is 1.42. The second kappa shape index (κ2) is 3.67. The molecule has 0 radical (unpaired) electrons. The van der Waals surface area contributed by atoms with Gasteiger partial charge in [0, 0.05) is 0 Å². The molecule has 0 bridgehead atoms. The first-order valence-corrected chi connectivity index (χ1v) is 2.51. The summed E-state index contributed by atoms with van der Waals surface area (Å²) in [5.74, 6) is 0. The van der Waals surface area contributed by atoms with Crippen LogP contribution in [0.2, 0.25) is 4.64 Å². The van der Waals surface area contributed by atoms with Gasteiger partial charge in [-0.25, -0.2) is 0 Å². The molecule has 0 saturated carbocycles. The molecule has 0 fully saturated rings. The SMILES string of the molecule is FC[CH2][Au]. The number of alkyl halides is 1. The topological polar surface area (TPSA) is 0 Å². The molecule has 0 aliphatic rings. The molecule has 0 N–H and O–H groups in total. The first-order chi connectivity index (χ1) is 1.91. The first kappa shape index (κ1) is 4.67. The molecule has 0 spiro atoms. The van der Waals surface area contributed by atoms with Crippen molar-refractivity contribution in [1.82, 2.24) is 0 Å². The minimum absolute atomic E-state index is 0.205. The molecule has 30 valence electrons. The summed E-state index contributed by atoms with van der Waals surface area (Å²) in [7, 11) is 0. The van der Waals surface area contributed by atoms with Gasteiger partial charge in [-0.2, -0.15) is 0 Å². The van der Waals surface area contributed by atoms with Gasteiger partial charge in [-0.1, -0.05) is 0 Å². The molecule has 0 aromatic heterocycles. The van der Waals surface area contributed by atoms with Crippen molar-refractivity contribution in [3.8, 4) is 0 Å². The average molecular weight is 244 g/mol. The Hall–Kier alpha value is 0.670. The number of halogens is 1. The van der Waals surface area contributed by atoms with Crippen molar-refractivity contribution in [2.75, 3.05) is 6.67 Å². The Morgan fingerprint density at radius 3 is 2.00 bits per heavy atom. The van der Waals surface area contributed by atoms with E-state index in [1.165, 1.54) is 0 Å². The average Bonchev–Trinajstić information content (AvgIpc) is 1.37. The van der Waals surface area contributed by atoms with Crippen molar-refractivity contribution < 1.29 is 25.5 Å². The predicted molar refractivity (Wildman–Crippen MR) is 10.8 cm³/mol. The van der Waals surface area contributed by atoms with Crippen molar-refractivity contribution in [3.05, 3.63) is 0 Å². The zero-order valence-corrected chi connectivity index (χ0v) is 4.26. The van der Waals surface area contributed by atoms with Gasteiger partial charge in [-0.3, -0.25) is 0 Å². The van der Waals surface area contributed by atoms with Crippen LogP contribution in [0.3, 0.4) is 0 Å². The molecule has 0 aromatic rings. The molecule has 0 unspecified atom stereocenters. The van der Waals surface area contributed by atoms with E-state index in [1.54, 1.807) is 0 Å². The standard InChI is InChI=1S/C2H4F.Au/c1-2-3;/h1-2H2;. The van der Waals surface area contributed by atoms with Crippen LogP contribution in [0.4, 0.5) is 4.39 Å². The van der Waals surface area contributed by atoms with Crippen molar-refractivity contribution in [2.45, 2.75) is 4.64 Å². The Bertz CT molecular complexity index is 8.00. The van der Waals surface area contributed by atoms with E-state index < -0.39 is 0 Å². The summed E-state index contributed by atoms with van der Waals surface area (Å²) in [4.78, 5) is 0. The minimum atomic E-state index is -0.205. The third-order valence-electron chi connectivity index (χ3n) is 0.0570. The van der Waals surface area contributed by atoms with Crippen LogP contribution in [0.25, 0.3) is 0 Å². The quantitative estimate of drug-likeness (QED) is 0.602. The second-order valence-electron chi connectivity index (χ2n) is 0.340. The third kappa shape index (κ3) is 2.67. The van der Waals surface area contributed by atoms with Gasteiger partial charge in [-0.05, 0) is 0 Å². The Labute approximate surface area is 37.3 Å². The van der Waals surface area contributed by atoms with Gasteiger partial charge in [0.05, 0.1) is 0 Å². The molecule has 0 aliphatic carbocycles. The van der Waals surface area contributed by atoms with Crippen molar-refractivity contribution in [2.24, 2.45) is 0 Å². The van der Waals surface area contributed by atoms with Crippen LogP contribution >= 0.6 is 0 Å². The zero-order valence-electron chi connectivity index (χ0n) is 2.09. The van der Waals surface area contributed by atoms with Gasteiger partial charge in [0.2, 0.25) is 0 Å². The zero-order chi connectivity index (χ0) is 3.41. The van der Waals surface area contributed by atoms with Gasteiger partial charge >= 0.3 is 36.8 Å². The van der Waals surface area contributed by atoms with Crippen LogP contribution in [0.5, 0.6) is 0 Å². The Kier molecular flexibility index (Phi) is 4.29. The summed E-state index contributed by atoms with van der Waals surface area (Å²) in [6.45, 7) is -0.205. The molecule has 2 heteroatoms. The Balaban J connectivity index is 1.97. The van der Waals surface area contributed by atoms with Crippen molar-refractivity contribution in [3.63, 3.8) is 0 Å². The van der Waals surface area contributed by atoms with E-state index in [1.807, 2.05) is 0 Å². The van der Waals surface area contributed by atoms with E-state index in [0.29, 0.717) is 4.64 Å². The van der Waals surface area contributed by atoms with Crippen LogP contribution in [-0.2, 0) is 21.1 Å². The molecule has 0 aliphatic heterocycles. The summed E-state index contributed by atoms with van der Waals surface area (Å²) in [6, 6.07) is 0. The van der Waals surface area contributed by atoms with Gasteiger partial charge in [0.1, 0.15) is 0 Å². The molecule has 0 atom stereocenters. The summed E-state index contributed by atoms with van der Waals surface area (Å²) >= 11 is 2.12. The van der Waals surface area contributed by atoms with E-state index in [0.717, 1.165) is 0 Å². The van der Waals surface area contributed by atoms with Gasteiger partial charge in [-0.15, -0.1) is 0 Å². The summed E-state index contributed by atoms with van der Waals surface area (Å²) in [6.07, 6.45) is 0. The molecular weight excluding hydrogens is 240 g/mol. The van der Waals surface area contributed by atoms with E-state index in [-0.39, 0.29) is 6.67 Å². The number of rotatable bonds is 1. The van der Waals surface area contributed by atoms with Crippen LogP contribution in [0.1, 0.15) is 0 Å². The number of hydrogen-bond donors (Lipinski definition) is 0. The summed E-state index contributed by atoms with van der Waals surface area (Å²) in [5, 5.41) is 0. The molecule has 0 saturated heterocycles. The Morgan fingerprint density at radius 1 is 1.75 bits per heavy atom. The van der Waals surface area contributed by atoms with E-state index in [2.05, 4.69) is 21.1 Å². The first-order valence-electron chi connectivity index (χ1n) is 0.980.